The third-order valence-electron chi connectivity index (χ3n) is 4.31. The van der Waals surface area contributed by atoms with E-state index in [-0.39, 0.29) is 35.1 Å². The Morgan fingerprint density at radius 2 is 1.93 bits per heavy atom. The van der Waals surface area contributed by atoms with Crippen LogP contribution < -0.4 is 10.9 Å². The third kappa shape index (κ3) is 4.93. The van der Waals surface area contributed by atoms with Gasteiger partial charge in [-0.3, -0.25) is 14.4 Å². The maximum Gasteiger partial charge on any atom is 0.258 e. The maximum atomic E-state index is 12.5. The number of carbonyl (C=O) groups is 2. The van der Waals surface area contributed by atoms with Gasteiger partial charge in [0.25, 0.3) is 11.5 Å². The molecule has 0 aliphatic heterocycles. The number of amides is 2. The molecule has 0 bridgehead atoms. The first-order valence-corrected chi connectivity index (χ1v) is 9.63. The molecule has 0 aliphatic rings. The Morgan fingerprint density at radius 3 is 2.66 bits per heavy atom. The number of rotatable bonds is 6. The van der Waals surface area contributed by atoms with E-state index < -0.39 is 5.91 Å². The first kappa shape index (κ1) is 20.8. The molecule has 2 amide bonds. The maximum absolute atomic E-state index is 12.5. The predicted octanol–water partition coefficient (Wildman–Crippen LogP) is 3.01. The van der Waals surface area contributed by atoms with Gasteiger partial charge in [-0.1, -0.05) is 35.3 Å². The molecule has 0 saturated carbocycles. The highest BCUT2D eigenvalue weighted by molar-refractivity contribution is 6.36. The molecule has 1 heterocycles. The van der Waals surface area contributed by atoms with Crippen LogP contribution in [0.3, 0.4) is 0 Å². The number of para-hydroxylation sites is 1. The van der Waals surface area contributed by atoms with Crippen molar-refractivity contribution in [3.05, 3.63) is 74.3 Å². The summed E-state index contributed by atoms with van der Waals surface area (Å²) in [5.74, 6) is -0.425. The molecule has 0 saturated heterocycles. The Morgan fingerprint density at radius 1 is 1.17 bits per heavy atom. The smallest absolute Gasteiger partial charge is 0.258 e. The minimum absolute atomic E-state index is 0.118. The van der Waals surface area contributed by atoms with Gasteiger partial charge in [0.15, 0.2) is 0 Å². The molecular weight excluding hydrogens is 415 g/mol. The fourth-order valence-electron chi connectivity index (χ4n) is 2.80. The normalized spacial score (nSPS) is 10.7. The summed E-state index contributed by atoms with van der Waals surface area (Å²) in [6, 6.07) is 11.5. The Balaban J connectivity index is 1.67. The van der Waals surface area contributed by atoms with Crippen LogP contribution in [0.2, 0.25) is 10.0 Å². The van der Waals surface area contributed by atoms with Gasteiger partial charge in [0.2, 0.25) is 5.91 Å². The summed E-state index contributed by atoms with van der Waals surface area (Å²) >= 11 is 11.8. The molecule has 150 valence electrons. The number of aromatic amines is 1. The standard InChI is InChI=1S/C20H18Cl2N4O3/c1-2-26(11-17-24-16-6-4-3-5-14(16)20(29)25-17)18(27)10-23-19(28)13-8-7-12(21)9-15(13)22/h3-9H,2,10-11H2,1H3,(H,23,28)(H,24,25,29). The Kier molecular flexibility index (Phi) is 6.51. The van der Waals surface area contributed by atoms with E-state index in [0.717, 1.165) is 0 Å². The van der Waals surface area contributed by atoms with Crippen molar-refractivity contribution in [2.24, 2.45) is 0 Å². The van der Waals surface area contributed by atoms with Gasteiger partial charge in [0.05, 0.1) is 34.6 Å². The molecule has 29 heavy (non-hydrogen) atoms. The molecule has 9 heteroatoms. The minimum Gasteiger partial charge on any atom is -0.343 e. The quantitative estimate of drug-likeness (QED) is 0.625. The number of nitrogens with one attached hydrogen (secondary N) is 2. The number of hydrogen-bond acceptors (Lipinski definition) is 4. The number of benzene rings is 2. The largest absolute Gasteiger partial charge is 0.343 e. The van der Waals surface area contributed by atoms with Crippen LogP contribution in [0.15, 0.2) is 47.3 Å². The second-order valence-electron chi connectivity index (χ2n) is 6.24. The number of carbonyl (C=O) groups excluding carboxylic acids is 2. The Hall–Kier alpha value is -2.90. The van der Waals surface area contributed by atoms with E-state index in [2.05, 4.69) is 15.3 Å². The van der Waals surface area contributed by atoms with Crippen LogP contribution in [0.25, 0.3) is 10.9 Å². The summed E-state index contributed by atoms with van der Waals surface area (Å²) in [6.07, 6.45) is 0. The minimum atomic E-state index is -0.478. The molecule has 7 nitrogen and oxygen atoms in total. The molecule has 1 aromatic heterocycles. The molecule has 3 aromatic rings. The van der Waals surface area contributed by atoms with Crippen molar-refractivity contribution < 1.29 is 9.59 Å². The summed E-state index contributed by atoms with van der Waals surface area (Å²) in [7, 11) is 0. The first-order chi connectivity index (χ1) is 13.9. The zero-order valence-electron chi connectivity index (χ0n) is 15.5. The average Bonchev–Trinajstić information content (AvgIpc) is 2.70. The number of fused-ring (bicyclic) bond motifs is 1. The van der Waals surface area contributed by atoms with Gasteiger partial charge in [-0.25, -0.2) is 4.98 Å². The summed E-state index contributed by atoms with van der Waals surface area (Å²) in [5.41, 5.74) is 0.521. The van der Waals surface area contributed by atoms with E-state index >= 15 is 0 Å². The fraction of sp³-hybridized carbons (Fsp3) is 0.200. The van der Waals surface area contributed by atoms with Gasteiger partial charge in [-0.05, 0) is 37.3 Å². The predicted molar refractivity (Wildman–Crippen MR) is 112 cm³/mol. The highest BCUT2D eigenvalue weighted by atomic mass is 35.5. The van der Waals surface area contributed by atoms with E-state index in [1.807, 2.05) is 0 Å². The van der Waals surface area contributed by atoms with Crippen molar-refractivity contribution in [3.8, 4) is 0 Å². The fourth-order valence-corrected chi connectivity index (χ4v) is 3.30. The monoisotopic (exact) mass is 432 g/mol. The summed E-state index contributed by atoms with van der Waals surface area (Å²) < 4.78 is 0. The summed E-state index contributed by atoms with van der Waals surface area (Å²) in [5, 5.41) is 3.65. The summed E-state index contributed by atoms with van der Waals surface area (Å²) in [6.45, 7) is 2.08. The van der Waals surface area contributed by atoms with E-state index in [9.17, 15) is 14.4 Å². The van der Waals surface area contributed by atoms with Crippen LogP contribution in [0.5, 0.6) is 0 Å². The van der Waals surface area contributed by atoms with E-state index in [0.29, 0.717) is 28.3 Å². The van der Waals surface area contributed by atoms with E-state index in [1.165, 1.54) is 17.0 Å². The molecule has 3 rings (SSSR count). The van der Waals surface area contributed by atoms with Crippen molar-refractivity contribution in [1.29, 1.82) is 0 Å². The van der Waals surface area contributed by atoms with Crippen LogP contribution in [0.1, 0.15) is 23.1 Å². The molecule has 0 aliphatic carbocycles. The van der Waals surface area contributed by atoms with Crippen LogP contribution >= 0.6 is 23.2 Å². The van der Waals surface area contributed by atoms with Gasteiger partial charge in [0.1, 0.15) is 5.82 Å². The molecular formula is C20H18Cl2N4O3. The zero-order chi connectivity index (χ0) is 21.0. The number of halogens is 2. The highest BCUT2D eigenvalue weighted by Crippen LogP contribution is 2.20. The van der Waals surface area contributed by atoms with Gasteiger partial charge in [-0.15, -0.1) is 0 Å². The topological polar surface area (TPSA) is 95.2 Å². The van der Waals surface area contributed by atoms with E-state index in [1.54, 1.807) is 37.3 Å². The van der Waals surface area contributed by atoms with Crippen molar-refractivity contribution in [2.75, 3.05) is 13.1 Å². The number of likely N-dealkylation sites (N-methyl/N-ethyl adjacent to an activating group) is 1. The SMILES string of the molecule is CCN(Cc1nc2ccccc2c(=O)[nH]1)C(=O)CNC(=O)c1ccc(Cl)cc1Cl. The van der Waals surface area contributed by atoms with Crippen molar-refractivity contribution in [1.82, 2.24) is 20.2 Å². The van der Waals surface area contributed by atoms with Gasteiger partial charge in [-0.2, -0.15) is 0 Å². The van der Waals surface area contributed by atoms with Crippen molar-refractivity contribution >= 4 is 45.9 Å². The molecule has 0 spiro atoms. The Bertz CT molecular complexity index is 1130. The Labute approximate surface area is 176 Å². The first-order valence-electron chi connectivity index (χ1n) is 8.88. The second kappa shape index (κ2) is 9.07. The lowest BCUT2D eigenvalue weighted by atomic mass is 10.2. The lowest BCUT2D eigenvalue weighted by Gasteiger charge is -2.20. The molecule has 0 unspecified atom stereocenters. The number of aromatic nitrogens is 2. The highest BCUT2D eigenvalue weighted by Gasteiger charge is 2.17. The summed E-state index contributed by atoms with van der Waals surface area (Å²) in [4.78, 5) is 45.6. The molecule has 2 aromatic carbocycles. The lowest BCUT2D eigenvalue weighted by Crippen LogP contribution is -2.40. The van der Waals surface area contributed by atoms with Crippen LogP contribution in [0, 0.1) is 0 Å². The van der Waals surface area contributed by atoms with Crippen LogP contribution in [-0.4, -0.2) is 39.8 Å². The van der Waals surface area contributed by atoms with Crippen molar-refractivity contribution in [2.45, 2.75) is 13.5 Å². The average molecular weight is 433 g/mol. The number of H-pyrrole nitrogens is 1. The van der Waals surface area contributed by atoms with E-state index in [4.69, 9.17) is 23.2 Å². The number of nitrogens with zero attached hydrogens (tertiary/aromatic N) is 2. The molecule has 0 fully saturated rings. The number of hydrogen-bond donors (Lipinski definition) is 2. The second-order valence-corrected chi connectivity index (χ2v) is 7.09. The van der Waals surface area contributed by atoms with Crippen molar-refractivity contribution in [3.63, 3.8) is 0 Å². The molecule has 0 atom stereocenters. The van der Waals surface area contributed by atoms with Crippen LogP contribution in [0.4, 0.5) is 0 Å². The van der Waals surface area contributed by atoms with Gasteiger partial charge in [0, 0.05) is 11.6 Å². The lowest BCUT2D eigenvalue weighted by molar-refractivity contribution is -0.130. The van der Waals surface area contributed by atoms with Gasteiger partial charge < -0.3 is 15.2 Å². The van der Waals surface area contributed by atoms with Crippen LogP contribution in [-0.2, 0) is 11.3 Å². The molecule has 0 radical (unpaired) electrons. The zero-order valence-corrected chi connectivity index (χ0v) is 17.0. The van der Waals surface area contributed by atoms with Gasteiger partial charge >= 0.3 is 0 Å². The molecule has 2 N–H and O–H groups in total. The third-order valence-corrected chi connectivity index (χ3v) is 4.86.